The average Bonchev–Trinajstić information content (AvgIpc) is 3.43. The molecule has 0 fully saturated rings. The maximum Gasteiger partial charge on any atom is 0.137 e. The van der Waals surface area contributed by atoms with Gasteiger partial charge in [-0.2, -0.15) is 0 Å². The maximum atomic E-state index is 4.79. The second-order valence-electron chi connectivity index (χ2n) is 11.8. The molecule has 46 heavy (non-hydrogen) atoms. The van der Waals surface area contributed by atoms with Gasteiger partial charge in [-0.25, -0.2) is 4.98 Å². The van der Waals surface area contributed by atoms with Crippen LogP contribution in [-0.2, 0) is 0 Å². The molecule has 2 atom stereocenters. The van der Waals surface area contributed by atoms with Crippen LogP contribution in [-0.4, -0.2) is 9.97 Å². The second kappa shape index (κ2) is 12.5. The van der Waals surface area contributed by atoms with Crippen molar-refractivity contribution in [3.8, 4) is 0 Å². The summed E-state index contributed by atoms with van der Waals surface area (Å²) in [7, 11) is 0. The van der Waals surface area contributed by atoms with Gasteiger partial charge in [0, 0.05) is 35.8 Å². The second-order valence-corrected chi connectivity index (χ2v) is 11.8. The van der Waals surface area contributed by atoms with Gasteiger partial charge in [0.15, 0.2) is 0 Å². The minimum atomic E-state index is 0.114. The lowest BCUT2D eigenvalue weighted by Gasteiger charge is -2.32. The number of aromatic nitrogens is 2. The van der Waals surface area contributed by atoms with Gasteiger partial charge in [0.2, 0.25) is 0 Å². The van der Waals surface area contributed by atoms with Gasteiger partial charge in [-0.05, 0) is 92.9 Å². The van der Waals surface area contributed by atoms with Crippen molar-refractivity contribution >= 4 is 39.1 Å². The van der Waals surface area contributed by atoms with Crippen LogP contribution < -0.4 is 15.3 Å². The summed E-state index contributed by atoms with van der Waals surface area (Å²) < 4.78 is 0. The number of nitrogens with zero attached hydrogens (tertiary/aromatic N) is 3. The SMILES string of the molecule is C=C/C=C\C(=C)C1=c2ccccc2=C(/C(C)=C/C=C\CC)C2c3cccc4c(N(c5ccncc5)c5ccccn5)ccc(c34)C12. The lowest BCUT2D eigenvalue weighted by Crippen LogP contribution is -2.38. The predicted octanol–water partition coefficient (Wildman–Crippen LogP) is 9.51. The molecule has 2 heterocycles. The summed E-state index contributed by atoms with van der Waals surface area (Å²) >= 11 is 0. The van der Waals surface area contributed by atoms with E-state index < -0.39 is 0 Å². The topological polar surface area (TPSA) is 29.0 Å². The van der Waals surface area contributed by atoms with Gasteiger partial charge in [-0.15, -0.1) is 0 Å². The van der Waals surface area contributed by atoms with E-state index in [0.717, 1.165) is 29.2 Å². The molecular weight excluding hydrogens is 558 g/mol. The van der Waals surface area contributed by atoms with Gasteiger partial charge in [-0.1, -0.05) is 111 Å². The third-order valence-electron chi connectivity index (χ3n) is 9.18. The molecule has 3 heteroatoms. The smallest absolute Gasteiger partial charge is 0.137 e. The van der Waals surface area contributed by atoms with Crippen molar-refractivity contribution in [2.24, 2.45) is 0 Å². The summed E-state index contributed by atoms with van der Waals surface area (Å²) in [6, 6.07) is 30.4. The Bertz CT molecular complexity index is 2150. The Morgan fingerprint density at radius 2 is 1.54 bits per heavy atom. The fourth-order valence-corrected chi connectivity index (χ4v) is 7.37. The summed E-state index contributed by atoms with van der Waals surface area (Å²) in [6.45, 7) is 13.0. The van der Waals surface area contributed by atoms with Crippen LogP contribution in [0.3, 0.4) is 0 Å². The molecule has 0 bridgehead atoms. The average molecular weight is 596 g/mol. The van der Waals surface area contributed by atoms with Crippen LogP contribution in [0.5, 0.6) is 0 Å². The first kappa shape index (κ1) is 29.2. The number of rotatable bonds is 9. The van der Waals surface area contributed by atoms with E-state index in [4.69, 9.17) is 4.98 Å². The molecule has 2 aliphatic rings. The quantitative estimate of drug-likeness (QED) is 0.159. The number of anilines is 3. The highest BCUT2D eigenvalue weighted by Gasteiger charge is 2.42. The van der Waals surface area contributed by atoms with Gasteiger partial charge in [-0.3, -0.25) is 9.88 Å². The summed E-state index contributed by atoms with van der Waals surface area (Å²) in [4.78, 5) is 11.3. The fraction of sp³-hybridized carbons (Fsp3) is 0.116. The van der Waals surface area contributed by atoms with Crippen LogP contribution in [0.15, 0.2) is 164 Å². The summed E-state index contributed by atoms with van der Waals surface area (Å²) in [5, 5.41) is 5.05. The molecule has 0 saturated heterocycles. The molecule has 224 valence electrons. The number of hydrogen-bond acceptors (Lipinski definition) is 3. The van der Waals surface area contributed by atoms with Crippen LogP contribution in [0, 0.1) is 0 Å². The molecule has 3 aromatic carbocycles. The Kier molecular flexibility index (Phi) is 7.90. The van der Waals surface area contributed by atoms with Gasteiger partial charge in [0.05, 0.1) is 11.4 Å². The van der Waals surface area contributed by atoms with Crippen molar-refractivity contribution in [1.29, 1.82) is 0 Å². The van der Waals surface area contributed by atoms with Crippen molar-refractivity contribution in [2.45, 2.75) is 32.1 Å². The summed E-state index contributed by atoms with van der Waals surface area (Å²) in [5.41, 5.74) is 9.76. The first-order chi connectivity index (χ1) is 22.6. The molecule has 0 spiro atoms. The standard InChI is InChI=1S/C43H37N3/c1-5-7-9-16-30(4)40-33-18-11-10-17-32(33)39(29(3)15-8-6-2)43-36-22-23-37(34-19-14-20-35(41(34)36)42(40)43)46(31-24-27-44-28-25-31)38-21-12-13-26-45-38/h6-28,42-43H,2-3,5H2,1,4H3/b9-7-,15-8-,30-16+. The molecule has 2 unspecified atom stereocenters. The Balaban J connectivity index is 1.55. The molecular formula is C43H37N3. The van der Waals surface area contributed by atoms with Gasteiger partial charge in [0.1, 0.15) is 5.82 Å². The normalized spacial score (nSPS) is 17.0. The summed E-state index contributed by atoms with van der Waals surface area (Å²) in [5.74, 6) is 1.12. The molecule has 0 N–H and O–H groups in total. The van der Waals surface area contributed by atoms with Crippen LogP contribution in [0.1, 0.15) is 43.2 Å². The maximum absolute atomic E-state index is 4.79. The predicted molar refractivity (Wildman–Crippen MR) is 194 cm³/mol. The first-order valence-corrected chi connectivity index (χ1v) is 16.0. The number of fused-ring (bicyclic) bond motifs is 4. The Morgan fingerprint density at radius 3 is 2.28 bits per heavy atom. The van der Waals surface area contributed by atoms with Crippen LogP contribution in [0.25, 0.3) is 21.9 Å². The molecule has 0 aliphatic heterocycles. The van der Waals surface area contributed by atoms with Gasteiger partial charge >= 0.3 is 0 Å². The van der Waals surface area contributed by atoms with Crippen LogP contribution in [0.4, 0.5) is 17.2 Å². The highest BCUT2D eigenvalue weighted by Crippen LogP contribution is 2.58. The zero-order valence-electron chi connectivity index (χ0n) is 26.4. The minimum Gasteiger partial charge on any atom is -0.294 e. The van der Waals surface area contributed by atoms with Crippen molar-refractivity contribution in [2.75, 3.05) is 4.90 Å². The monoisotopic (exact) mass is 595 g/mol. The Morgan fingerprint density at radius 1 is 0.804 bits per heavy atom. The van der Waals surface area contributed by atoms with E-state index in [-0.39, 0.29) is 11.8 Å². The molecule has 2 aliphatic carbocycles. The number of hydrogen-bond donors (Lipinski definition) is 0. The summed E-state index contributed by atoms with van der Waals surface area (Å²) in [6.07, 6.45) is 19.2. The first-order valence-electron chi connectivity index (χ1n) is 16.0. The number of benzene rings is 3. The molecule has 0 amide bonds. The molecule has 2 aromatic heterocycles. The van der Waals surface area contributed by atoms with Crippen LogP contribution in [0.2, 0.25) is 0 Å². The number of allylic oxidation sites excluding steroid dienone is 8. The number of pyridine rings is 2. The Labute approximate surface area is 271 Å². The van der Waals surface area contributed by atoms with Crippen LogP contribution >= 0.6 is 0 Å². The largest absolute Gasteiger partial charge is 0.294 e. The van der Waals surface area contributed by atoms with E-state index in [2.05, 4.69) is 122 Å². The molecule has 7 rings (SSSR count). The van der Waals surface area contributed by atoms with Gasteiger partial charge < -0.3 is 0 Å². The minimum absolute atomic E-state index is 0.114. The zero-order valence-corrected chi connectivity index (χ0v) is 26.4. The third-order valence-corrected chi connectivity index (χ3v) is 9.18. The Hall–Kier alpha value is -5.54. The van der Waals surface area contributed by atoms with Crippen molar-refractivity contribution in [3.63, 3.8) is 0 Å². The lowest BCUT2D eigenvalue weighted by atomic mass is 9.70. The molecule has 3 nitrogen and oxygen atoms in total. The van der Waals surface area contributed by atoms with Crippen molar-refractivity contribution < 1.29 is 0 Å². The van der Waals surface area contributed by atoms with E-state index in [9.17, 15) is 0 Å². The zero-order chi connectivity index (χ0) is 31.6. The molecule has 0 saturated carbocycles. The highest BCUT2D eigenvalue weighted by atomic mass is 15.2. The fourth-order valence-electron chi connectivity index (χ4n) is 7.37. The van der Waals surface area contributed by atoms with E-state index in [1.54, 1.807) is 0 Å². The van der Waals surface area contributed by atoms with E-state index in [1.807, 2.05) is 55.0 Å². The molecule has 0 radical (unpaired) electrons. The van der Waals surface area contributed by atoms with Crippen molar-refractivity contribution in [3.05, 3.63) is 186 Å². The highest BCUT2D eigenvalue weighted by molar-refractivity contribution is 6.07. The lowest BCUT2D eigenvalue weighted by molar-refractivity contribution is 0.789. The van der Waals surface area contributed by atoms with E-state index >= 15 is 0 Å². The van der Waals surface area contributed by atoms with E-state index in [1.165, 1.54) is 49.1 Å². The van der Waals surface area contributed by atoms with Gasteiger partial charge in [0.25, 0.3) is 0 Å². The molecule has 5 aromatic rings. The van der Waals surface area contributed by atoms with E-state index in [0.29, 0.717) is 0 Å². The van der Waals surface area contributed by atoms with Crippen molar-refractivity contribution in [1.82, 2.24) is 9.97 Å². The third kappa shape index (κ3) is 4.85.